The molecule has 0 radical (unpaired) electrons. The quantitative estimate of drug-likeness (QED) is 0.509. The van der Waals surface area contributed by atoms with Crippen LogP contribution in [-0.2, 0) is 6.42 Å². The third kappa shape index (κ3) is 5.00. The molecule has 168 valence electrons. The highest BCUT2D eigenvalue weighted by Gasteiger charge is 2.26. The maximum Gasteiger partial charge on any atom is 0.258 e. The van der Waals surface area contributed by atoms with Crippen LogP contribution in [0.3, 0.4) is 0 Å². The molecule has 0 amide bonds. The van der Waals surface area contributed by atoms with Crippen LogP contribution in [0, 0.1) is 11.3 Å². The minimum absolute atomic E-state index is 0.00727. The van der Waals surface area contributed by atoms with Crippen LogP contribution in [0.25, 0.3) is 22.8 Å². The lowest BCUT2D eigenvalue weighted by molar-refractivity contribution is 0.241. The summed E-state index contributed by atoms with van der Waals surface area (Å²) in [4.78, 5) is 4.63. The summed E-state index contributed by atoms with van der Waals surface area (Å²) in [5.41, 5.74) is 4.75. The first-order valence-electron chi connectivity index (χ1n) is 11.4. The van der Waals surface area contributed by atoms with E-state index in [0.29, 0.717) is 40.7 Å². The van der Waals surface area contributed by atoms with E-state index in [-0.39, 0.29) is 6.10 Å². The molecule has 1 heterocycles. The third-order valence-corrected chi connectivity index (χ3v) is 5.18. The largest absolute Gasteiger partial charge is 0.490 e. The predicted molar refractivity (Wildman–Crippen MR) is 126 cm³/mol. The Kier molecular flexibility index (Phi) is 7.66. The molecule has 4 rings (SSSR count). The van der Waals surface area contributed by atoms with E-state index >= 15 is 0 Å². The highest BCUT2D eigenvalue weighted by molar-refractivity contribution is 5.67. The Balaban J connectivity index is 0.00000141. The lowest BCUT2D eigenvalue weighted by Gasteiger charge is -2.17. The first-order valence-corrected chi connectivity index (χ1v) is 11.4. The molecule has 1 aliphatic rings. The van der Waals surface area contributed by atoms with Crippen LogP contribution in [0.4, 0.5) is 0 Å². The molecule has 0 saturated heterocycles. The molecular weight excluding hydrogens is 400 g/mol. The van der Waals surface area contributed by atoms with Gasteiger partial charge in [-0.25, -0.2) is 0 Å². The zero-order valence-corrected chi connectivity index (χ0v) is 19.8. The molecule has 1 aromatic heterocycles. The van der Waals surface area contributed by atoms with Crippen LogP contribution >= 0.6 is 0 Å². The summed E-state index contributed by atoms with van der Waals surface area (Å²) in [6, 6.07) is 14.6. The molecule has 0 spiro atoms. The highest BCUT2D eigenvalue weighted by Crippen LogP contribution is 2.37. The molecule has 1 aliphatic carbocycles. The summed E-state index contributed by atoms with van der Waals surface area (Å²) in [7, 11) is 0. The number of nitrogens with one attached hydrogen (secondary N) is 1. The van der Waals surface area contributed by atoms with Gasteiger partial charge in [-0.1, -0.05) is 51.1 Å². The van der Waals surface area contributed by atoms with Crippen LogP contribution < -0.4 is 10.1 Å². The molecular formula is C26H32N4O2. The van der Waals surface area contributed by atoms with Gasteiger partial charge in [0.2, 0.25) is 5.82 Å². The maximum atomic E-state index is 9.48. The van der Waals surface area contributed by atoms with Gasteiger partial charge >= 0.3 is 0 Å². The molecule has 0 saturated carbocycles. The Labute approximate surface area is 190 Å². The molecule has 2 aromatic carbocycles. The van der Waals surface area contributed by atoms with E-state index in [1.807, 2.05) is 39.8 Å². The van der Waals surface area contributed by atoms with Gasteiger partial charge in [-0.05, 0) is 56.0 Å². The number of benzene rings is 2. The van der Waals surface area contributed by atoms with E-state index in [1.54, 1.807) is 12.1 Å². The van der Waals surface area contributed by atoms with Gasteiger partial charge in [0.25, 0.3) is 5.89 Å². The second-order valence-electron chi connectivity index (χ2n) is 8.20. The lowest BCUT2D eigenvalue weighted by Crippen LogP contribution is -2.26. The van der Waals surface area contributed by atoms with Crippen molar-refractivity contribution in [1.29, 1.82) is 5.26 Å². The molecule has 0 fully saturated rings. The third-order valence-electron chi connectivity index (χ3n) is 5.18. The number of fused-ring (bicyclic) bond motifs is 1. The molecule has 6 nitrogen and oxygen atoms in total. The fraction of sp³-hybridized carbons (Fsp3) is 0.423. The summed E-state index contributed by atoms with van der Waals surface area (Å²) in [5, 5.41) is 17.3. The molecule has 3 aromatic rings. The molecule has 6 heteroatoms. The lowest BCUT2D eigenvalue weighted by atomic mass is 10.0. The van der Waals surface area contributed by atoms with E-state index in [4.69, 9.17) is 9.26 Å². The van der Waals surface area contributed by atoms with Crippen LogP contribution in [0.5, 0.6) is 5.75 Å². The van der Waals surface area contributed by atoms with Crippen molar-refractivity contribution in [3.05, 3.63) is 53.1 Å². The molecule has 1 unspecified atom stereocenters. The topological polar surface area (TPSA) is 84.0 Å². The van der Waals surface area contributed by atoms with Gasteiger partial charge in [-0.3, -0.25) is 0 Å². The summed E-state index contributed by atoms with van der Waals surface area (Å²) in [6.07, 6.45) is 2.05. The zero-order valence-electron chi connectivity index (χ0n) is 19.8. The Morgan fingerprint density at radius 1 is 1.16 bits per heavy atom. The van der Waals surface area contributed by atoms with Gasteiger partial charge in [-0.2, -0.15) is 10.2 Å². The highest BCUT2D eigenvalue weighted by atomic mass is 16.5. The number of rotatable bonds is 6. The average Bonchev–Trinajstić information content (AvgIpc) is 3.42. The smallest absolute Gasteiger partial charge is 0.258 e. The fourth-order valence-electron chi connectivity index (χ4n) is 4.00. The van der Waals surface area contributed by atoms with Gasteiger partial charge in [0, 0.05) is 23.2 Å². The van der Waals surface area contributed by atoms with Crippen molar-refractivity contribution in [1.82, 2.24) is 15.5 Å². The van der Waals surface area contributed by atoms with Gasteiger partial charge in [-0.15, -0.1) is 0 Å². The maximum absolute atomic E-state index is 9.48. The second-order valence-corrected chi connectivity index (χ2v) is 8.20. The summed E-state index contributed by atoms with van der Waals surface area (Å²) in [6.45, 7) is 12.2. The summed E-state index contributed by atoms with van der Waals surface area (Å²) >= 11 is 0. The first-order chi connectivity index (χ1) is 15.5. The van der Waals surface area contributed by atoms with Crippen molar-refractivity contribution in [2.45, 2.75) is 72.6 Å². The number of hydrogen-bond donors (Lipinski definition) is 1. The van der Waals surface area contributed by atoms with Crippen LogP contribution in [0.2, 0.25) is 0 Å². The average molecular weight is 433 g/mol. The van der Waals surface area contributed by atoms with Crippen LogP contribution in [0.15, 0.2) is 40.9 Å². The minimum atomic E-state index is -0.00727. The summed E-state index contributed by atoms with van der Waals surface area (Å²) in [5.74, 6) is 1.53. The van der Waals surface area contributed by atoms with Crippen molar-refractivity contribution in [3.8, 4) is 34.7 Å². The molecule has 0 aliphatic heterocycles. The number of ether oxygens (including phenoxy) is 1. The van der Waals surface area contributed by atoms with E-state index in [2.05, 4.69) is 47.5 Å². The molecule has 0 bridgehead atoms. The Morgan fingerprint density at radius 3 is 2.62 bits per heavy atom. The fourth-order valence-corrected chi connectivity index (χ4v) is 4.00. The van der Waals surface area contributed by atoms with Crippen LogP contribution in [-0.4, -0.2) is 22.3 Å². The first kappa shape index (κ1) is 23.5. The van der Waals surface area contributed by atoms with Crippen LogP contribution in [0.1, 0.15) is 70.7 Å². The number of aromatic nitrogens is 2. The normalized spacial score (nSPS) is 14.7. The van der Waals surface area contributed by atoms with Gasteiger partial charge in [0.05, 0.1) is 11.7 Å². The Hall–Kier alpha value is -3.17. The second kappa shape index (κ2) is 10.4. The summed E-state index contributed by atoms with van der Waals surface area (Å²) < 4.78 is 11.2. The SMILES string of the molecule is CC.CC(C)NC1CCc2c(-c3noc(-c4ccc(OC(C)C)c(C#N)c4)n3)cccc21. The zero-order chi connectivity index (χ0) is 23.3. The van der Waals surface area contributed by atoms with Crippen molar-refractivity contribution in [2.75, 3.05) is 0 Å². The van der Waals surface area contributed by atoms with Crippen molar-refractivity contribution in [2.24, 2.45) is 0 Å². The van der Waals surface area contributed by atoms with Crippen molar-refractivity contribution >= 4 is 0 Å². The predicted octanol–water partition coefficient (Wildman–Crippen LogP) is 6.07. The van der Waals surface area contributed by atoms with E-state index in [1.165, 1.54) is 11.1 Å². The molecule has 32 heavy (non-hydrogen) atoms. The van der Waals surface area contributed by atoms with Gasteiger partial charge in [0.1, 0.15) is 11.8 Å². The monoisotopic (exact) mass is 432 g/mol. The van der Waals surface area contributed by atoms with Crippen molar-refractivity contribution in [3.63, 3.8) is 0 Å². The standard InChI is InChI=1S/C24H26N4O2.C2H6/c1-14(2)26-21-10-9-18-19(21)6-5-7-20(18)23-27-24(30-28-23)16-8-11-22(29-15(3)4)17(12-16)13-25;1-2/h5-8,11-12,14-15,21,26H,9-10H2,1-4H3;1-2H3. The number of nitriles is 1. The van der Waals surface area contributed by atoms with E-state index in [9.17, 15) is 5.26 Å². The van der Waals surface area contributed by atoms with E-state index in [0.717, 1.165) is 18.4 Å². The molecule has 1 atom stereocenters. The van der Waals surface area contributed by atoms with Gasteiger partial charge in [0.15, 0.2) is 0 Å². The Bertz CT molecular complexity index is 1100. The van der Waals surface area contributed by atoms with E-state index < -0.39 is 0 Å². The molecule has 1 N–H and O–H groups in total. The number of nitrogens with zero attached hydrogens (tertiary/aromatic N) is 3. The van der Waals surface area contributed by atoms with Gasteiger partial charge < -0.3 is 14.6 Å². The minimum Gasteiger partial charge on any atom is -0.490 e. The Morgan fingerprint density at radius 2 is 1.94 bits per heavy atom. The number of hydrogen-bond acceptors (Lipinski definition) is 6. The van der Waals surface area contributed by atoms with Crippen molar-refractivity contribution < 1.29 is 9.26 Å².